The van der Waals surface area contributed by atoms with Crippen LogP contribution in [-0.4, -0.2) is 38.1 Å². The average Bonchev–Trinajstić information content (AvgIpc) is 2.83. The molecule has 5 N–H and O–H groups in total. The van der Waals surface area contributed by atoms with Crippen molar-refractivity contribution >= 4 is 16.9 Å². The van der Waals surface area contributed by atoms with Gasteiger partial charge < -0.3 is 39.4 Å². The first kappa shape index (κ1) is 22.9. The highest BCUT2D eigenvalue weighted by Gasteiger charge is 2.35. The topological polar surface area (TPSA) is 167 Å². The van der Waals surface area contributed by atoms with Crippen LogP contribution in [0.3, 0.4) is 0 Å². The van der Waals surface area contributed by atoms with Crippen LogP contribution in [0.25, 0.3) is 22.3 Å². The van der Waals surface area contributed by atoms with Gasteiger partial charge in [-0.05, 0) is 42.8 Å². The van der Waals surface area contributed by atoms with Crippen LogP contribution in [0.5, 0.6) is 40.2 Å². The molecule has 0 amide bonds. The Kier molecular flexibility index (Phi) is 5.36. The molecule has 1 aromatic heterocycles. The molecule has 184 valence electrons. The van der Waals surface area contributed by atoms with E-state index >= 15 is 0 Å². The van der Waals surface area contributed by atoms with Crippen LogP contribution in [0.2, 0.25) is 0 Å². The van der Waals surface area contributed by atoms with E-state index in [1.54, 1.807) is 19.1 Å². The first-order chi connectivity index (χ1) is 17.2. The zero-order chi connectivity index (χ0) is 25.7. The largest absolute Gasteiger partial charge is 0.507 e. The van der Waals surface area contributed by atoms with Gasteiger partial charge in [-0.25, -0.2) is 0 Å². The number of carbonyl (C=O) groups is 1. The molecule has 0 radical (unpaired) electrons. The smallest absolute Gasteiger partial charge is 0.312 e. The molecule has 0 unspecified atom stereocenters. The van der Waals surface area contributed by atoms with Gasteiger partial charge in [-0.15, -0.1) is 0 Å². The summed E-state index contributed by atoms with van der Waals surface area (Å²) in [5.41, 5.74) is -0.210. The number of ether oxygens (including phenoxy) is 2. The van der Waals surface area contributed by atoms with Crippen LogP contribution in [0.4, 0.5) is 0 Å². The van der Waals surface area contributed by atoms with Crippen molar-refractivity contribution in [3.63, 3.8) is 0 Å². The second kappa shape index (κ2) is 8.42. The van der Waals surface area contributed by atoms with Crippen LogP contribution >= 0.6 is 0 Å². The van der Waals surface area contributed by atoms with Crippen molar-refractivity contribution in [2.75, 3.05) is 6.61 Å². The van der Waals surface area contributed by atoms with E-state index in [0.717, 1.165) is 18.2 Å². The molecule has 0 aliphatic carbocycles. The number of hydrogen-bond acceptors (Lipinski definition) is 10. The lowest BCUT2D eigenvalue weighted by Crippen LogP contribution is -2.22. The molecule has 3 aromatic carbocycles. The molecule has 10 heteroatoms. The van der Waals surface area contributed by atoms with Gasteiger partial charge in [-0.2, -0.15) is 0 Å². The molecule has 1 aliphatic rings. The van der Waals surface area contributed by atoms with E-state index in [1.807, 2.05) is 0 Å². The second-order valence-electron chi connectivity index (χ2n) is 8.21. The molecule has 10 nitrogen and oxygen atoms in total. The summed E-state index contributed by atoms with van der Waals surface area (Å²) in [6, 6.07) is 9.23. The Hall–Kier alpha value is -4.86. The van der Waals surface area contributed by atoms with Crippen molar-refractivity contribution in [3.8, 4) is 51.6 Å². The lowest BCUT2D eigenvalue weighted by molar-refractivity contribution is -0.135. The molecule has 0 fully saturated rings. The van der Waals surface area contributed by atoms with Crippen molar-refractivity contribution in [1.82, 2.24) is 0 Å². The monoisotopic (exact) mass is 492 g/mol. The van der Waals surface area contributed by atoms with Crippen LogP contribution in [0.15, 0.2) is 51.7 Å². The number of phenols is 4. The average molecular weight is 492 g/mol. The van der Waals surface area contributed by atoms with Crippen molar-refractivity contribution in [1.29, 1.82) is 0 Å². The minimum atomic E-state index is -0.949. The van der Waals surface area contributed by atoms with Gasteiger partial charge in [0.25, 0.3) is 0 Å². The summed E-state index contributed by atoms with van der Waals surface area (Å²) in [5, 5.41) is 50.5. The summed E-state index contributed by atoms with van der Waals surface area (Å²) in [7, 11) is 0. The molecule has 0 spiro atoms. The normalized spacial score (nSPS) is 14.9. The van der Waals surface area contributed by atoms with Crippen molar-refractivity contribution in [2.24, 2.45) is 0 Å². The Balaban J connectivity index is 1.82. The van der Waals surface area contributed by atoms with E-state index in [-0.39, 0.29) is 58.1 Å². The fraction of sp³-hybridized carbons (Fsp3) is 0.154. The quantitative estimate of drug-likeness (QED) is 0.160. The van der Waals surface area contributed by atoms with Crippen LogP contribution in [0, 0.1) is 0 Å². The zero-order valence-corrected chi connectivity index (χ0v) is 18.8. The first-order valence-corrected chi connectivity index (χ1v) is 10.9. The molecule has 0 saturated carbocycles. The van der Waals surface area contributed by atoms with E-state index < -0.39 is 40.3 Å². The van der Waals surface area contributed by atoms with Crippen molar-refractivity contribution < 1.29 is 44.2 Å². The van der Waals surface area contributed by atoms with E-state index in [4.69, 9.17) is 13.9 Å². The Morgan fingerprint density at radius 1 is 0.917 bits per heavy atom. The number of rotatable bonds is 4. The predicted molar refractivity (Wildman–Crippen MR) is 126 cm³/mol. The molecule has 0 bridgehead atoms. The van der Waals surface area contributed by atoms with Gasteiger partial charge in [0.2, 0.25) is 11.2 Å². The summed E-state index contributed by atoms with van der Waals surface area (Å²) in [6.07, 6.45) is -0.150. The number of fused-ring (bicyclic) bond motifs is 3. The van der Waals surface area contributed by atoms with Crippen molar-refractivity contribution in [2.45, 2.75) is 19.3 Å². The fourth-order valence-corrected chi connectivity index (χ4v) is 4.35. The number of carbonyl (C=O) groups excluding carboxylic acids is 1. The third kappa shape index (κ3) is 3.59. The van der Waals surface area contributed by atoms with Gasteiger partial charge >= 0.3 is 5.97 Å². The standard InChI is InChI=1S/C26H20O10/c1-2-34-18-8-11(3-6-15(18)28)13-9-20(31)35-19-10-17(30)22-23(32)24(33)25(36-26(22)21(13)19)12-4-5-14(27)16(29)7-12/h3-8,10,13,27-30,33H,2,9H2,1H3/t13-/m1/s1. The van der Waals surface area contributed by atoms with E-state index in [1.165, 1.54) is 12.1 Å². The van der Waals surface area contributed by atoms with Crippen LogP contribution in [-0.2, 0) is 4.79 Å². The third-order valence-electron chi connectivity index (χ3n) is 5.99. The van der Waals surface area contributed by atoms with Gasteiger partial charge in [0.05, 0.1) is 13.0 Å². The van der Waals surface area contributed by atoms with Gasteiger partial charge in [0.1, 0.15) is 22.5 Å². The summed E-state index contributed by atoms with van der Waals surface area (Å²) in [5.74, 6) is -3.91. The lowest BCUT2D eigenvalue weighted by Gasteiger charge is -2.26. The van der Waals surface area contributed by atoms with Crippen LogP contribution < -0.4 is 14.9 Å². The van der Waals surface area contributed by atoms with Gasteiger partial charge in [-0.1, -0.05) is 6.07 Å². The molecule has 0 saturated heterocycles. The zero-order valence-electron chi connectivity index (χ0n) is 18.8. The number of benzene rings is 3. The fourth-order valence-electron chi connectivity index (χ4n) is 4.35. The Labute approximate surface area is 202 Å². The molecule has 1 atom stereocenters. The molecule has 5 rings (SSSR count). The Morgan fingerprint density at radius 2 is 1.67 bits per heavy atom. The van der Waals surface area contributed by atoms with Crippen LogP contribution in [0.1, 0.15) is 30.4 Å². The minimum Gasteiger partial charge on any atom is -0.507 e. The van der Waals surface area contributed by atoms with Crippen molar-refractivity contribution in [3.05, 3.63) is 63.8 Å². The SMILES string of the molecule is CCOc1cc([C@H]2CC(=O)Oc3cc(O)c4c(=O)c(O)c(-c5ccc(O)c(O)c5)oc4c32)ccc1O. The summed E-state index contributed by atoms with van der Waals surface area (Å²) in [4.78, 5) is 25.6. The molecular formula is C26H20O10. The maximum absolute atomic E-state index is 13.1. The number of hydrogen-bond donors (Lipinski definition) is 5. The van der Waals surface area contributed by atoms with E-state index in [9.17, 15) is 35.1 Å². The molecule has 1 aliphatic heterocycles. The maximum Gasteiger partial charge on any atom is 0.312 e. The maximum atomic E-state index is 13.1. The highest BCUT2D eigenvalue weighted by molar-refractivity contribution is 5.94. The van der Waals surface area contributed by atoms with E-state index in [2.05, 4.69) is 0 Å². The Bertz CT molecular complexity index is 1600. The predicted octanol–water partition coefficient (Wildman–Crippen LogP) is 3.83. The molecule has 2 heterocycles. The summed E-state index contributed by atoms with van der Waals surface area (Å²) >= 11 is 0. The summed E-state index contributed by atoms with van der Waals surface area (Å²) < 4.78 is 16.8. The Morgan fingerprint density at radius 3 is 2.39 bits per heavy atom. The molecule has 36 heavy (non-hydrogen) atoms. The van der Waals surface area contributed by atoms with E-state index in [0.29, 0.717) is 5.56 Å². The lowest BCUT2D eigenvalue weighted by atomic mass is 9.85. The number of phenolic OH excluding ortho intramolecular Hbond substituents is 4. The number of esters is 1. The molecular weight excluding hydrogens is 472 g/mol. The highest BCUT2D eigenvalue weighted by atomic mass is 16.5. The number of aromatic hydroxyl groups is 5. The highest BCUT2D eigenvalue weighted by Crippen LogP contribution is 2.48. The van der Waals surface area contributed by atoms with Gasteiger partial charge in [-0.3, -0.25) is 9.59 Å². The molecule has 4 aromatic rings. The third-order valence-corrected chi connectivity index (χ3v) is 5.99. The first-order valence-electron chi connectivity index (χ1n) is 10.9. The van der Waals surface area contributed by atoms with Gasteiger partial charge in [0, 0.05) is 23.1 Å². The second-order valence-corrected chi connectivity index (χ2v) is 8.21. The van der Waals surface area contributed by atoms with Gasteiger partial charge in [0.15, 0.2) is 28.8 Å². The minimum absolute atomic E-state index is 0.0411. The summed E-state index contributed by atoms with van der Waals surface area (Å²) in [6.45, 7) is 2.04.